The van der Waals surface area contributed by atoms with Crippen LogP contribution >= 0.6 is 11.3 Å². The van der Waals surface area contributed by atoms with Crippen LogP contribution in [0.4, 0.5) is 8.78 Å². The van der Waals surface area contributed by atoms with Crippen molar-refractivity contribution in [2.45, 2.75) is 19.1 Å². The predicted octanol–water partition coefficient (Wildman–Crippen LogP) is 4.91. The number of hydrazone groups is 1. The fraction of sp³-hybridized carbons (Fsp3) is 0.269. The Bertz CT molecular complexity index is 1330. The summed E-state index contributed by atoms with van der Waals surface area (Å²) < 4.78 is 50.5. The lowest BCUT2D eigenvalue weighted by Gasteiger charge is -2.23. The molecule has 1 aliphatic rings. The summed E-state index contributed by atoms with van der Waals surface area (Å²) in [5, 5.41) is 7.76. The van der Waals surface area contributed by atoms with Gasteiger partial charge in [-0.25, -0.2) is 9.80 Å². The molecule has 0 spiro atoms. The van der Waals surface area contributed by atoms with Crippen LogP contribution in [0, 0.1) is 0 Å². The number of rotatable bonds is 10. The molecule has 3 aromatic rings. The Morgan fingerprint density at radius 3 is 2.37 bits per heavy atom. The Morgan fingerprint density at radius 2 is 1.71 bits per heavy atom. The SMILES string of the molecule is COc1ccc(C2CC(c3cccs3)=NN2C(=O)COC(=O)c2ccc(OC(F)F)c(OC)c2)cc1OC. The maximum atomic E-state index is 13.2. The molecule has 1 aromatic heterocycles. The van der Waals surface area contributed by atoms with E-state index in [2.05, 4.69) is 9.84 Å². The van der Waals surface area contributed by atoms with Crippen LogP contribution < -0.4 is 18.9 Å². The van der Waals surface area contributed by atoms with E-state index in [-0.39, 0.29) is 17.1 Å². The molecular formula is C26H24F2N2O7S. The number of benzene rings is 2. The third-order valence-electron chi connectivity index (χ3n) is 5.71. The van der Waals surface area contributed by atoms with Crippen LogP contribution in [0.15, 0.2) is 59.0 Å². The van der Waals surface area contributed by atoms with E-state index in [0.717, 1.165) is 22.2 Å². The monoisotopic (exact) mass is 546 g/mol. The number of hydrogen-bond donors (Lipinski definition) is 0. The standard InChI is InChI=1S/C26H24F2N2O7S/c1-33-19-8-6-15(11-21(19)34-2)18-13-17(23-5-4-10-38-23)29-30(18)24(31)14-36-25(32)16-7-9-20(37-26(27)28)22(12-16)35-3/h4-12,18,26H,13-14H2,1-3H3. The summed E-state index contributed by atoms with van der Waals surface area (Å²) in [6.45, 7) is -3.65. The first-order chi connectivity index (χ1) is 18.3. The topological polar surface area (TPSA) is 95.9 Å². The fourth-order valence-corrected chi connectivity index (χ4v) is 4.64. The van der Waals surface area contributed by atoms with Crippen molar-refractivity contribution in [3.63, 3.8) is 0 Å². The van der Waals surface area contributed by atoms with Crippen LogP contribution in [-0.2, 0) is 9.53 Å². The van der Waals surface area contributed by atoms with Crippen LogP contribution in [0.2, 0.25) is 0 Å². The molecule has 0 aliphatic carbocycles. The first kappa shape index (κ1) is 26.9. The van der Waals surface area contributed by atoms with Gasteiger partial charge < -0.3 is 23.7 Å². The summed E-state index contributed by atoms with van der Waals surface area (Å²) in [6, 6.07) is 12.3. The molecule has 38 heavy (non-hydrogen) atoms. The van der Waals surface area contributed by atoms with Crippen LogP contribution in [0.3, 0.4) is 0 Å². The van der Waals surface area contributed by atoms with Crippen molar-refractivity contribution in [1.29, 1.82) is 0 Å². The van der Waals surface area contributed by atoms with Crippen LogP contribution in [-0.4, -0.2) is 57.1 Å². The van der Waals surface area contributed by atoms with E-state index in [0.29, 0.717) is 17.9 Å². The molecule has 0 saturated carbocycles. The Hall–Kier alpha value is -4.19. The number of nitrogens with zero attached hydrogens (tertiary/aromatic N) is 2. The lowest BCUT2D eigenvalue weighted by atomic mass is 10.0. The smallest absolute Gasteiger partial charge is 0.387 e. The molecule has 200 valence electrons. The van der Waals surface area contributed by atoms with Crippen molar-refractivity contribution in [2.75, 3.05) is 27.9 Å². The molecule has 2 aromatic carbocycles. The second-order valence-corrected chi connectivity index (χ2v) is 8.86. The molecule has 0 radical (unpaired) electrons. The Labute approximate surface area is 221 Å². The van der Waals surface area contributed by atoms with E-state index in [1.807, 2.05) is 23.6 Å². The molecule has 1 amide bonds. The van der Waals surface area contributed by atoms with Gasteiger partial charge in [0.05, 0.1) is 43.5 Å². The maximum absolute atomic E-state index is 13.2. The highest BCUT2D eigenvalue weighted by molar-refractivity contribution is 7.12. The zero-order chi connectivity index (χ0) is 27.2. The molecule has 12 heteroatoms. The Morgan fingerprint density at radius 1 is 1.00 bits per heavy atom. The minimum Gasteiger partial charge on any atom is -0.493 e. The lowest BCUT2D eigenvalue weighted by molar-refractivity contribution is -0.136. The molecular weight excluding hydrogens is 522 g/mol. The average molecular weight is 547 g/mol. The number of ether oxygens (including phenoxy) is 5. The normalized spacial score (nSPS) is 14.7. The second kappa shape index (κ2) is 11.9. The van der Waals surface area contributed by atoms with E-state index >= 15 is 0 Å². The summed E-state index contributed by atoms with van der Waals surface area (Å²) in [6.07, 6.45) is 0.443. The third-order valence-corrected chi connectivity index (χ3v) is 6.62. The van der Waals surface area contributed by atoms with Gasteiger partial charge in [0.1, 0.15) is 0 Å². The highest BCUT2D eigenvalue weighted by Crippen LogP contribution is 2.38. The van der Waals surface area contributed by atoms with Gasteiger partial charge in [0.25, 0.3) is 5.91 Å². The zero-order valence-corrected chi connectivity index (χ0v) is 21.5. The summed E-state index contributed by atoms with van der Waals surface area (Å²) >= 11 is 1.50. The number of carbonyl (C=O) groups excluding carboxylic acids is 2. The van der Waals surface area contributed by atoms with Gasteiger partial charge in [0.15, 0.2) is 29.6 Å². The van der Waals surface area contributed by atoms with Gasteiger partial charge >= 0.3 is 12.6 Å². The van der Waals surface area contributed by atoms with E-state index in [4.69, 9.17) is 18.9 Å². The molecule has 0 bridgehead atoms. The van der Waals surface area contributed by atoms with E-state index < -0.39 is 31.1 Å². The largest absolute Gasteiger partial charge is 0.493 e. The van der Waals surface area contributed by atoms with Crippen molar-refractivity contribution in [1.82, 2.24) is 5.01 Å². The summed E-state index contributed by atoms with van der Waals surface area (Å²) in [4.78, 5) is 26.8. The van der Waals surface area contributed by atoms with Gasteiger partial charge in [-0.1, -0.05) is 12.1 Å². The molecule has 0 saturated heterocycles. The molecule has 1 unspecified atom stereocenters. The first-order valence-corrected chi connectivity index (χ1v) is 12.2. The fourth-order valence-electron chi connectivity index (χ4n) is 3.92. The van der Waals surface area contributed by atoms with Gasteiger partial charge in [-0.05, 0) is 47.3 Å². The summed E-state index contributed by atoms with van der Waals surface area (Å²) in [5.41, 5.74) is 1.48. The van der Waals surface area contributed by atoms with Gasteiger partial charge in [-0.3, -0.25) is 4.79 Å². The number of alkyl halides is 2. The molecule has 4 rings (SSSR count). The Kier molecular flexibility index (Phi) is 8.41. The van der Waals surface area contributed by atoms with Crippen LogP contribution in [0.25, 0.3) is 0 Å². The van der Waals surface area contributed by atoms with E-state index in [9.17, 15) is 18.4 Å². The third kappa shape index (κ3) is 5.86. The van der Waals surface area contributed by atoms with Crippen molar-refractivity contribution < 1.29 is 42.1 Å². The van der Waals surface area contributed by atoms with E-state index in [1.54, 1.807) is 12.1 Å². The van der Waals surface area contributed by atoms with Crippen molar-refractivity contribution in [3.8, 4) is 23.0 Å². The van der Waals surface area contributed by atoms with Crippen LogP contribution in [0.5, 0.6) is 23.0 Å². The van der Waals surface area contributed by atoms with Gasteiger partial charge in [0.2, 0.25) is 0 Å². The van der Waals surface area contributed by atoms with Gasteiger partial charge in [-0.2, -0.15) is 13.9 Å². The number of halogens is 2. The van der Waals surface area contributed by atoms with Gasteiger partial charge in [0, 0.05) is 6.42 Å². The quantitative estimate of drug-likeness (QED) is 0.334. The van der Waals surface area contributed by atoms with Crippen molar-refractivity contribution in [2.24, 2.45) is 5.10 Å². The number of methoxy groups -OCH3 is 3. The summed E-state index contributed by atoms with van der Waals surface area (Å²) in [7, 11) is 4.30. The van der Waals surface area contributed by atoms with E-state index in [1.165, 1.54) is 49.8 Å². The predicted molar refractivity (Wildman–Crippen MR) is 135 cm³/mol. The zero-order valence-electron chi connectivity index (χ0n) is 20.7. The highest BCUT2D eigenvalue weighted by Gasteiger charge is 2.34. The average Bonchev–Trinajstić information content (AvgIpc) is 3.61. The summed E-state index contributed by atoms with van der Waals surface area (Å²) in [5.74, 6) is -0.661. The van der Waals surface area contributed by atoms with Crippen molar-refractivity contribution >= 4 is 28.9 Å². The second-order valence-electron chi connectivity index (χ2n) is 7.92. The Balaban J connectivity index is 1.53. The molecule has 2 heterocycles. The van der Waals surface area contributed by atoms with Crippen LogP contribution in [0.1, 0.15) is 33.3 Å². The molecule has 9 nitrogen and oxygen atoms in total. The first-order valence-electron chi connectivity index (χ1n) is 11.3. The number of thiophene rings is 1. The number of esters is 1. The number of carbonyl (C=O) groups is 2. The lowest BCUT2D eigenvalue weighted by Crippen LogP contribution is -2.31. The minimum atomic E-state index is -3.06. The molecule has 0 N–H and O–H groups in total. The highest BCUT2D eigenvalue weighted by atomic mass is 32.1. The molecule has 1 aliphatic heterocycles. The number of amides is 1. The van der Waals surface area contributed by atoms with Crippen molar-refractivity contribution in [3.05, 3.63) is 69.9 Å². The molecule has 0 fully saturated rings. The molecule has 1 atom stereocenters. The maximum Gasteiger partial charge on any atom is 0.387 e. The van der Waals surface area contributed by atoms with Gasteiger partial charge in [-0.15, -0.1) is 11.3 Å². The number of hydrogen-bond acceptors (Lipinski definition) is 9. The minimum absolute atomic E-state index is 0.00287.